The lowest BCUT2D eigenvalue weighted by atomic mass is 10.2. The number of ether oxygens (including phenoxy) is 1. The molecule has 10 heteroatoms. The number of carbonyl (C=O) groups excluding carboxylic acids is 1. The molecule has 1 N–H and O–H groups in total. The Morgan fingerprint density at radius 1 is 1.12 bits per heavy atom. The van der Waals surface area contributed by atoms with Crippen molar-refractivity contribution in [2.45, 2.75) is 0 Å². The predicted molar refractivity (Wildman–Crippen MR) is 87.8 cm³/mol. The van der Waals surface area contributed by atoms with Gasteiger partial charge in [0.1, 0.15) is 0 Å². The number of non-ortho nitro benzene ring substituents is 1. The smallest absolute Gasteiger partial charge is 0.311 e. The van der Waals surface area contributed by atoms with Crippen LogP contribution in [-0.4, -0.2) is 29.1 Å². The lowest BCUT2D eigenvalue weighted by molar-refractivity contribution is -0.385. The number of nitro groups is 2. The molecule has 0 saturated heterocycles. The molecule has 1 amide bonds. The van der Waals surface area contributed by atoms with E-state index in [0.29, 0.717) is 5.56 Å². The molecule has 0 heterocycles. The normalized spacial score (nSPS) is 10.4. The molecule has 25 heavy (non-hydrogen) atoms. The van der Waals surface area contributed by atoms with E-state index in [9.17, 15) is 25.0 Å². The van der Waals surface area contributed by atoms with E-state index in [1.165, 1.54) is 55.8 Å². The quantitative estimate of drug-likeness (QED) is 0.485. The van der Waals surface area contributed by atoms with Crippen LogP contribution in [0.3, 0.4) is 0 Å². The highest BCUT2D eigenvalue weighted by Gasteiger charge is 2.14. The van der Waals surface area contributed by atoms with Crippen molar-refractivity contribution in [2.75, 3.05) is 7.11 Å². The van der Waals surface area contributed by atoms with Crippen LogP contribution in [0, 0.1) is 20.2 Å². The summed E-state index contributed by atoms with van der Waals surface area (Å²) in [5, 5.41) is 25.2. The van der Waals surface area contributed by atoms with Gasteiger partial charge in [-0.1, -0.05) is 0 Å². The van der Waals surface area contributed by atoms with Crippen LogP contribution in [0.15, 0.2) is 47.6 Å². The summed E-state index contributed by atoms with van der Waals surface area (Å²) in [5.74, 6) is -0.466. The summed E-state index contributed by atoms with van der Waals surface area (Å²) in [6, 6.07) is 9.19. The number of hydrogen-bond donors (Lipinski definition) is 1. The van der Waals surface area contributed by atoms with Crippen LogP contribution in [-0.2, 0) is 0 Å². The molecule has 0 radical (unpaired) electrons. The molecule has 10 nitrogen and oxygen atoms in total. The Morgan fingerprint density at radius 3 is 2.36 bits per heavy atom. The van der Waals surface area contributed by atoms with Crippen molar-refractivity contribution in [1.29, 1.82) is 0 Å². The van der Waals surface area contributed by atoms with Gasteiger partial charge < -0.3 is 4.74 Å². The highest BCUT2D eigenvalue weighted by molar-refractivity contribution is 5.95. The standard InChI is InChI=1S/C15H12N4O6/c1-25-14-7-2-10(8-13(14)19(23)24)9-16-17-15(20)11-3-5-12(6-4-11)18(21)22/h2-9H,1H3,(H,17,20)/b16-9+. The fourth-order valence-corrected chi connectivity index (χ4v) is 1.89. The molecule has 0 unspecified atom stereocenters. The third kappa shape index (κ3) is 4.34. The van der Waals surface area contributed by atoms with Gasteiger partial charge in [0.2, 0.25) is 0 Å². The van der Waals surface area contributed by atoms with Crippen LogP contribution in [0.2, 0.25) is 0 Å². The van der Waals surface area contributed by atoms with E-state index in [4.69, 9.17) is 4.74 Å². The first-order valence-electron chi connectivity index (χ1n) is 6.82. The Labute approximate surface area is 141 Å². The topological polar surface area (TPSA) is 137 Å². The van der Waals surface area contributed by atoms with Crippen LogP contribution in [0.5, 0.6) is 5.75 Å². The molecule has 0 aliphatic carbocycles. The molecule has 0 fully saturated rings. The van der Waals surface area contributed by atoms with E-state index in [1.807, 2.05) is 0 Å². The van der Waals surface area contributed by atoms with Gasteiger partial charge in [0, 0.05) is 29.3 Å². The SMILES string of the molecule is COc1ccc(/C=N/NC(=O)c2ccc([N+](=O)[O-])cc2)cc1[N+](=O)[O-]. The van der Waals surface area contributed by atoms with E-state index in [-0.39, 0.29) is 22.7 Å². The second kappa shape index (κ2) is 7.64. The van der Waals surface area contributed by atoms with Crippen LogP contribution < -0.4 is 10.2 Å². The first-order valence-corrected chi connectivity index (χ1v) is 6.82. The van der Waals surface area contributed by atoms with Gasteiger partial charge in [-0.3, -0.25) is 25.0 Å². The lowest BCUT2D eigenvalue weighted by Crippen LogP contribution is -2.17. The average molecular weight is 344 g/mol. The molecule has 0 aromatic heterocycles. The Bertz CT molecular complexity index is 848. The van der Waals surface area contributed by atoms with Gasteiger partial charge in [-0.15, -0.1) is 0 Å². The highest BCUT2D eigenvalue weighted by Crippen LogP contribution is 2.26. The summed E-state index contributed by atoms with van der Waals surface area (Å²) in [4.78, 5) is 32.2. The monoisotopic (exact) mass is 344 g/mol. The molecule has 128 valence electrons. The number of benzene rings is 2. The summed E-state index contributed by atoms with van der Waals surface area (Å²) < 4.78 is 4.88. The van der Waals surface area contributed by atoms with Crippen LogP contribution in [0.4, 0.5) is 11.4 Å². The third-order valence-corrected chi connectivity index (χ3v) is 3.12. The van der Waals surface area contributed by atoms with E-state index < -0.39 is 15.8 Å². The Morgan fingerprint density at radius 2 is 1.80 bits per heavy atom. The van der Waals surface area contributed by atoms with Gasteiger partial charge >= 0.3 is 5.69 Å². The van der Waals surface area contributed by atoms with Crippen molar-refractivity contribution >= 4 is 23.5 Å². The van der Waals surface area contributed by atoms with Gasteiger partial charge in [0.05, 0.1) is 23.2 Å². The number of nitro benzene ring substituents is 2. The van der Waals surface area contributed by atoms with Crippen molar-refractivity contribution in [3.05, 3.63) is 73.8 Å². The maximum atomic E-state index is 11.9. The van der Waals surface area contributed by atoms with Crippen molar-refractivity contribution in [3.8, 4) is 5.75 Å². The average Bonchev–Trinajstić information content (AvgIpc) is 2.61. The second-order valence-electron chi connectivity index (χ2n) is 4.69. The number of hydrazone groups is 1. The van der Waals surface area contributed by atoms with Crippen molar-refractivity contribution < 1.29 is 19.4 Å². The maximum absolute atomic E-state index is 11.9. The molecular formula is C15H12N4O6. The minimum absolute atomic E-state index is 0.108. The third-order valence-electron chi connectivity index (χ3n) is 3.12. The fourth-order valence-electron chi connectivity index (χ4n) is 1.89. The molecule has 2 aromatic rings. The van der Waals surface area contributed by atoms with E-state index in [0.717, 1.165) is 0 Å². The van der Waals surface area contributed by atoms with E-state index in [2.05, 4.69) is 10.5 Å². The van der Waals surface area contributed by atoms with Crippen molar-refractivity contribution in [3.63, 3.8) is 0 Å². The number of carbonyl (C=O) groups is 1. The largest absolute Gasteiger partial charge is 0.490 e. The van der Waals surface area contributed by atoms with Crippen LogP contribution in [0.1, 0.15) is 15.9 Å². The second-order valence-corrected chi connectivity index (χ2v) is 4.69. The zero-order valence-corrected chi connectivity index (χ0v) is 12.9. The number of rotatable bonds is 6. The molecule has 2 aromatic carbocycles. The highest BCUT2D eigenvalue weighted by atomic mass is 16.6. The van der Waals surface area contributed by atoms with Crippen molar-refractivity contribution in [2.24, 2.45) is 5.10 Å². The molecular weight excluding hydrogens is 332 g/mol. The number of nitrogens with one attached hydrogen (secondary N) is 1. The lowest BCUT2D eigenvalue weighted by Gasteiger charge is -2.02. The van der Waals surface area contributed by atoms with E-state index >= 15 is 0 Å². The Hall–Kier alpha value is -3.82. The first-order chi connectivity index (χ1) is 11.9. The van der Waals surface area contributed by atoms with Gasteiger partial charge in [0.25, 0.3) is 11.6 Å². The number of methoxy groups -OCH3 is 1. The van der Waals surface area contributed by atoms with Gasteiger partial charge in [0.15, 0.2) is 5.75 Å². The Kier molecular flexibility index (Phi) is 5.36. The van der Waals surface area contributed by atoms with Crippen molar-refractivity contribution in [1.82, 2.24) is 5.43 Å². The van der Waals surface area contributed by atoms with Crippen LogP contribution >= 0.6 is 0 Å². The molecule has 0 atom stereocenters. The minimum atomic E-state index is -0.592. The molecule has 0 aliphatic rings. The molecule has 0 aliphatic heterocycles. The zero-order valence-electron chi connectivity index (χ0n) is 12.9. The number of hydrogen-bond acceptors (Lipinski definition) is 7. The number of nitrogens with zero attached hydrogens (tertiary/aromatic N) is 3. The molecule has 0 bridgehead atoms. The first kappa shape index (κ1) is 17.5. The molecule has 2 rings (SSSR count). The van der Waals surface area contributed by atoms with Gasteiger partial charge in [-0.25, -0.2) is 5.43 Å². The summed E-state index contributed by atoms with van der Waals surface area (Å²) in [5.41, 5.74) is 2.44. The van der Waals surface area contributed by atoms with Crippen LogP contribution in [0.25, 0.3) is 0 Å². The maximum Gasteiger partial charge on any atom is 0.311 e. The summed E-state index contributed by atoms with van der Waals surface area (Å²) >= 11 is 0. The summed E-state index contributed by atoms with van der Waals surface area (Å²) in [7, 11) is 1.32. The molecule has 0 spiro atoms. The van der Waals surface area contributed by atoms with Gasteiger partial charge in [-0.05, 0) is 24.3 Å². The fraction of sp³-hybridized carbons (Fsp3) is 0.0667. The summed E-state index contributed by atoms with van der Waals surface area (Å²) in [6.07, 6.45) is 1.23. The summed E-state index contributed by atoms with van der Waals surface area (Å²) in [6.45, 7) is 0. The minimum Gasteiger partial charge on any atom is -0.490 e. The molecule has 0 saturated carbocycles. The number of amides is 1. The van der Waals surface area contributed by atoms with Gasteiger partial charge in [-0.2, -0.15) is 5.10 Å². The van der Waals surface area contributed by atoms with E-state index in [1.54, 1.807) is 0 Å². The zero-order chi connectivity index (χ0) is 18.4. The Balaban J connectivity index is 2.07. The predicted octanol–water partition coefficient (Wildman–Crippen LogP) is 2.28.